The topological polar surface area (TPSA) is 62.3 Å². The quantitative estimate of drug-likeness (QED) is 0.464. The van der Waals surface area contributed by atoms with Gasteiger partial charge in [-0.1, -0.05) is 42.5 Å². The number of nitrogens with zero attached hydrogens (tertiary/aromatic N) is 3. The van der Waals surface area contributed by atoms with Crippen LogP contribution >= 0.6 is 12.4 Å². The Hall–Kier alpha value is -2.61. The maximum Gasteiger partial charge on any atom is 0.229 e. The Balaban J connectivity index is 0.00000353. The SMILES string of the molecule is COCCC(=O)N1C[C@H](CN2CCC3(CC2)CCN(Cc2ccc(OC)cc2)C3=O)[C@@H](c2ccccc2)C1.Cl. The first kappa shape index (κ1) is 29.4. The summed E-state index contributed by atoms with van der Waals surface area (Å²) in [5, 5.41) is 0. The average molecular weight is 556 g/mol. The Morgan fingerprint density at radius 2 is 1.64 bits per heavy atom. The van der Waals surface area contributed by atoms with Gasteiger partial charge >= 0.3 is 0 Å². The Bertz CT molecular complexity index is 1090. The minimum Gasteiger partial charge on any atom is -0.497 e. The van der Waals surface area contributed by atoms with Gasteiger partial charge in [0.05, 0.1) is 25.6 Å². The summed E-state index contributed by atoms with van der Waals surface area (Å²) in [5.74, 6) is 2.08. The summed E-state index contributed by atoms with van der Waals surface area (Å²) < 4.78 is 10.4. The van der Waals surface area contributed by atoms with Gasteiger partial charge in [0.15, 0.2) is 0 Å². The molecule has 3 aliphatic heterocycles. The summed E-state index contributed by atoms with van der Waals surface area (Å²) in [6, 6.07) is 18.6. The third-order valence-electron chi connectivity index (χ3n) is 8.98. The molecule has 0 N–H and O–H groups in total. The highest BCUT2D eigenvalue weighted by molar-refractivity contribution is 5.85. The van der Waals surface area contributed by atoms with E-state index in [9.17, 15) is 9.59 Å². The van der Waals surface area contributed by atoms with Crippen LogP contribution in [0.25, 0.3) is 0 Å². The first-order valence-electron chi connectivity index (χ1n) is 14.0. The average Bonchev–Trinajstić information content (AvgIpc) is 3.51. The fourth-order valence-electron chi connectivity index (χ4n) is 6.64. The number of likely N-dealkylation sites (tertiary alicyclic amines) is 3. The van der Waals surface area contributed by atoms with Crippen molar-refractivity contribution in [3.05, 3.63) is 65.7 Å². The molecule has 7 nitrogen and oxygen atoms in total. The second-order valence-corrected chi connectivity index (χ2v) is 11.2. The van der Waals surface area contributed by atoms with Gasteiger partial charge in [-0.2, -0.15) is 0 Å². The summed E-state index contributed by atoms with van der Waals surface area (Å²) in [5.41, 5.74) is 2.25. The van der Waals surface area contributed by atoms with Crippen molar-refractivity contribution in [3.63, 3.8) is 0 Å². The molecule has 0 bridgehead atoms. The molecule has 5 rings (SSSR count). The Labute approximate surface area is 238 Å². The van der Waals surface area contributed by atoms with E-state index in [-0.39, 0.29) is 23.7 Å². The summed E-state index contributed by atoms with van der Waals surface area (Å²) in [7, 11) is 3.31. The van der Waals surface area contributed by atoms with Gasteiger partial charge in [-0.3, -0.25) is 9.59 Å². The van der Waals surface area contributed by atoms with Crippen molar-refractivity contribution in [2.75, 3.05) is 60.1 Å². The number of carbonyl (C=O) groups excluding carboxylic acids is 2. The molecule has 8 heteroatoms. The van der Waals surface area contributed by atoms with E-state index >= 15 is 0 Å². The predicted molar refractivity (Wildman–Crippen MR) is 154 cm³/mol. The maximum atomic E-state index is 13.5. The standard InChI is InChI=1S/C31H41N3O4.ClH/c1-37-19-12-29(35)34-22-26(28(23-34)25-6-4-3-5-7-25)21-32-16-13-31(14-17-32)15-18-33(30(31)36)20-24-8-10-27(38-2)11-9-24;/h3-11,26,28H,12-23H2,1-2H3;1H/t26-,28+;/m0./s1. The number of carbonyl (C=O) groups is 2. The van der Waals surface area contributed by atoms with Crippen molar-refractivity contribution in [1.82, 2.24) is 14.7 Å². The fourth-order valence-corrected chi connectivity index (χ4v) is 6.64. The van der Waals surface area contributed by atoms with Gasteiger partial charge in [0, 0.05) is 45.8 Å². The molecule has 0 radical (unpaired) electrons. The number of ether oxygens (including phenoxy) is 2. The first-order chi connectivity index (χ1) is 18.5. The van der Waals surface area contributed by atoms with Gasteiger partial charge in [0.25, 0.3) is 0 Å². The number of benzene rings is 2. The molecular formula is C31H42ClN3O4. The van der Waals surface area contributed by atoms with Crippen molar-refractivity contribution >= 4 is 24.2 Å². The number of hydrogen-bond donors (Lipinski definition) is 0. The van der Waals surface area contributed by atoms with E-state index in [1.54, 1.807) is 14.2 Å². The molecule has 0 saturated carbocycles. The normalized spacial score (nSPS) is 22.8. The monoisotopic (exact) mass is 555 g/mol. The van der Waals surface area contributed by atoms with E-state index in [4.69, 9.17) is 9.47 Å². The Morgan fingerprint density at radius 1 is 0.949 bits per heavy atom. The number of halogens is 1. The highest BCUT2D eigenvalue weighted by Gasteiger charge is 2.48. The lowest BCUT2D eigenvalue weighted by molar-refractivity contribution is -0.139. The van der Waals surface area contributed by atoms with Crippen LogP contribution < -0.4 is 4.74 Å². The van der Waals surface area contributed by atoms with E-state index in [1.807, 2.05) is 34.1 Å². The number of amides is 2. The van der Waals surface area contributed by atoms with E-state index < -0.39 is 0 Å². The summed E-state index contributed by atoms with van der Waals surface area (Å²) in [6.45, 7) is 6.38. The second kappa shape index (κ2) is 13.2. The van der Waals surface area contributed by atoms with Crippen LogP contribution in [0.1, 0.15) is 42.7 Å². The molecule has 2 atom stereocenters. The summed E-state index contributed by atoms with van der Waals surface area (Å²) >= 11 is 0. The number of rotatable bonds is 9. The summed E-state index contributed by atoms with van der Waals surface area (Å²) in [4.78, 5) is 32.9. The molecule has 2 aromatic carbocycles. The molecule has 39 heavy (non-hydrogen) atoms. The van der Waals surface area contributed by atoms with Crippen LogP contribution in [0.5, 0.6) is 5.75 Å². The zero-order valence-corrected chi connectivity index (χ0v) is 24.0. The largest absolute Gasteiger partial charge is 0.497 e. The molecule has 2 aromatic rings. The minimum atomic E-state index is -0.209. The van der Waals surface area contributed by atoms with Crippen LogP contribution in [-0.4, -0.2) is 86.6 Å². The number of piperidine rings is 1. The van der Waals surface area contributed by atoms with Crippen LogP contribution in [0.2, 0.25) is 0 Å². The molecule has 2 amide bonds. The van der Waals surface area contributed by atoms with Gasteiger partial charge in [0.1, 0.15) is 5.75 Å². The van der Waals surface area contributed by atoms with Gasteiger partial charge in [-0.25, -0.2) is 0 Å². The first-order valence-corrected chi connectivity index (χ1v) is 14.0. The Kier molecular flexibility index (Phi) is 9.91. The second-order valence-electron chi connectivity index (χ2n) is 11.2. The molecule has 3 heterocycles. The molecule has 3 fully saturated rings. The zero-order valence-electron chi connectivity index (χ0n) is 23.2. The molecule has 0 unspecified atom stereocenters. The van der Waals surface area contributed by atoms with Crippen LogP contribution in [0.15, 0.2) is 54.6 Å². The lowest BCUT2D eigenvalue weighted by Gasteiger charge is -2.39. The molecule has 0 aliphatic carbocycles. The number of hydrogen-bond acceptors (Lipinski definition) is 5. The molecular weight excluding hydrogens is 514 g/mol. The van der Waals surface area contributed by atoms with Crippen molar-refractivity contribution in [2.45, 2.75) is 38.1 Å². The fraction of sp³-hybridized carbons (Fsp3) is 0.548. The van der Waals surface area contributed by atoms with Gasteiger partial charge in [0.2, 0.25) is 11.8 Å². The third kappa shape index (κ3) is 6.59. The highest BCUT2D eigenvalue weighted by Crippen LogP contribution is 2.43. The zero-order chi connectivity index (χ0) is 26.5. The van der Waals surface area contributed by atoms with E-state index in [0.29, 0.717) is 37.3 Å². The predicted octanol–water partition coefficient (Wildman–Crippen LogP) is 4.21. The lowest BCUT2D eigenvalue weighted by atomic mass is 9.76. The van der Waals surface area contributed by atoms with Crippen molar-refractivity contribution in [1.29, 1.82) is 0 Å². The smallest absolute Gasteiger partial charge is 0.229 e. The van der Waals surface area contributed by atoms with Gasteiger partial charge < -0.3 is 24.2 Å². The molecule has 3 aliphatic rings. The van der Waals surface area contributed by atoms with Crippen molar-refractivity contribution in [3.8, 4) is 5.75 Å². The van der Waals surface area contributed by atoms with Crippen molar-refractivity contribution in [2.24, 2.45) is 11.3 Å². The number of methoxy groups -OCH3 is 2. The summed E-state index contributed by atoms with van der Waals surface area (Å²) in [6.07, 6.45) is 3.23. The van der Waals surface area contributed by atoms with Crippen LogP contribution in [-0.2, 0) is 20.9 Å². The van der Waals surface area contributed by atoms with E-state index in [0.717, 1.165) is 69.8 Å². The van der Waals surface area contributed by atoms with Crippen LogP contribution in [0, 0.1) is 11.3 Å². The Morgan fingerprint density at radius 3 is 2.31 bits per heavy atom. The molecule has 3 saturated heterocycles. The lowest BCUT2D eigenvalue weighted by Crippen LogP contribution is -2.46. The van der Waals surface area contributed by atoms with Crippen LogP contribution in [0.4, 0.5) is 0 Å². The molecule has 0 aromatic heterocycles. The van der Waals surface area contributed by atoms with Gasteiger partial charge in [-0.05, 0) is 61.5 Å². The molecule has 1 spiro atoms. The van der Waals surface area contributed by atoms with E-state index in [2.05, 4.69) is 35.2 Å². The third-order valence-corrected chi connectivity index (χ3v) is 8.98. The van der Waals surface area contributed by atoms with Crippen molar-refractivity contribution < 1.29 is 19.1 Å². The maximum absolute atomic E-state index is 13.5. The van der Waals surface area contributed by atoms with Crippen LogP contribution in [0.3, 0.4) is 0 Å². The highest BCUT2D eigenvalue weighted by atomic mass is 35.5. The molecule has 212 valence electrons. The van der Waals surface area contributed by atoms with E-state index in [1.165, 1.54) is 5.56 Å². The van der Waals surface area contributed by atoms with Gasteiger partial charge in [-0.15, -0.1) is 12.4 Å². The minimum absolute atomic E-state index is 0.